The summed E-state index contributed by atoms with van der Waals surface area (Å²) in [5.41, 5.74) is 4.20. The lowest BCUT2D eigenvalue weighted by molar-refractivity contribution is 0.0697. The third-order valence-electron chi connectivity index (χ3n) is 4.88. The van der Waals surface area contributed by atoms with E-state index in [4.69, 9.17) is 4.74 Å². The second kappa shape index (κ2) is 8.08. The van der Waals surface area contributed by atoms with E-state index in [2.05, 4.69) is 26.3 Å². The molecular weight excluding hydrogens is 394 g/mol. The molecule has 2 aromatic carbocycles. The third-order valence-corrected chi connectivity index (χ3v) is 4.88. The number of ether oxygens (including phenoxy) is 1. The van der Waals surface area contributed by atoms with Crippen LogP contribution in [0, 0.1) is 11.3 Å². The van der Waals surface area contributed by atoms with Crippen molar-refractivity contribution in [2.75, 3.05) is 19.5 Å². The van der Waals surface area contributed by atoms with E-state index in [0.717, 1.165) is 27.6 Å². The Bertz CT molecular complexity index is 1340. The summed E-state index contributed by atoms with van der Waals surface area (Å²) >= 11 is 0. The van der Waals surface area contributed by atoms with Crippen LogP contribution >= 0.6 is 0 Å². The SMILES string of the molecule is CNc1ncc2c(-c3cncc(C#N)c3)cc(-c3ccc(C(=O)O)cc3)c(OC)c2n1. The molecule has 8 heteroatoms. The fourth-order valence-corrected chi connectivity index (χ4v) is 3.39. The fourth-order valence-electron chi connectivity index (χ4n) is 3.39. The molecule has 0 saturated carbocycles. The van der Waals surface area contributed by atoms with Crippen LogP contribution in [-0.2, 0) is 0 Å². The van der Waals surface area contributed by atoms with Gasteiger partial charge in [-0.25, -0.2) is 14.8 Å². The number of nitriles is 1. The van der Waals surface area contributed by atoms with E-state index in [1.54, 1.807) is 44.8 Å². The number of pyridine rings is 1. The molecule has 0 spiro atoms. The summed E-state index contributed by atoms with van der Waals surface area (Å²) in [7, 11) is 3.28. The van der Waals surface area contributed by atoms with Crippen molar-refractivity contribution in [2.45, 2.75) is 0 Å². The Morgan fingerprint density at radius 3 is 2.52 bits per heavy atom. The van der Waals surface area contributed by atoms with Gasteiger partial charge in [0.1, 0.15) is 11.6 Å². The number of aromatic nitrogens is 3. The highest BCUT2D eigenvalue weighted by molar-refractivity contribution is 6.03. The second-order valence-corrected chi connectivity index (χ2v) is 6.67. The predicted octanol–water partition coefficient (Wildman–Crippen LogP) is 3.98. The van der Waals surface area contributed by atoms with Crippen molar-refractivity contribution >= 4 is 22.8 Å². The van der Waals surface area contributed by atoms with Gasteiger partial charge in [0.05, 0.1) is 18.2 Å². The van der Waals surface area contributed by atoms with Crippen molar-refractivity contribution in [2.24, 2.45) is 0 Å². The van der Waals surface area contributed by atoms with Gasteiger partial charge < -0.3 is 15.2 Å². The lowest BCUT2D eigenvalue weighted by atomic mass is 9.94. The molecule has 0 aliphatic heterocycles. The first-order valence-electron chi connectivity index (χ1n) is 9.30. The zero-order chi connectivity index (χ0) is 22.0. The first kappa shape index (κ1) is 19.8. The zero-order valence-electron chi connectivity index (χ0n) is 16.7. The number of hydrogen-bond acceptors (Lipinski definition) is 7. The molecule has 31 heavy (non-hydrogen) atoms. The van der Waals surface area contributed by atoms with E-state index in [1.807, 2.05) is 6.07 Å². The number of methoxy groups -OCH3 is 1. The van der Waals surface area contributed by atoms with Gasteiger partial charge in [0.2, 0.25) is 5.95 Å². The van der Waals surface area contributed by atoms with Gasteiger partial charge in [-0.1, -0.05) is 12.1 Å². The standard InChI is InChI=1S/C23H17N5O3/c1-25-23-27-12-19-17(16-7-13(9-24)10-26-11-16)8-18(21(31-2)20(19)28-23)14-3-5-15(6-4-14)22(29)30/h3-8,10-12H,1-2H3,(H,29,30)(H,25,27,28). The number of nitrogens with zero attached hydrogens (tertiary/aromatic N) is 4. The molecule has 0 atom stereocenters. The number of carboxylic acids is 1. The van der Waals surface area contributed by atoms with E-state index in [9.17, 15) is 15.2 Å². The van der Waals surface area contributed by atoms with Crippen LogP contribution in [-0.4, -0.2) is 40.2 Å². The average Bonchev–Trinajstić information content (AvgIpc) is 2.82. The number of fused-ring (bicyclic) bond motifs is 1. The molecule has 0 radical (unpaired) electrons. The number of benzene rings is 2. The molecule has 8 nitrogen and oxygen atoms in total. The average molecular weight is 411 g/mol. The summed E-state index contributed by atoms with van der Waals surface area (Å²) in [5.74, 6) is -0.0346. The van der Waals surface area contributed by atoms with Crippen molar-refractivity contribution in [3.63, 3.8) is 0 Å². The lowest BCUT2D eigenvalue weighted by Gasteiger charge is -2.16. The Morgan fingerprint density at radius 2 is 1.87 bits per heavy atom. The van der Waals surface area contributed by atoms with Gasteiger partial charge in [0.25, 0.3) is 0 Å². The molecule has 2 aromatic heterocycles. The zero-order valence-corrected chi connectivity index (χ0v) is 16.7. The molecule has 0 aliphatic rings. The summed E-state index contributed by atoms with van der Waals surface area (Å²) in [4.78, 5) is 24.3. The van der Waals surface area contributed by atoms with Crippen molar-refractivity contribution in [1.29, 1.82) is 5.26 Å². The van der Waals surface area contributed by atoms with Gasteiger partial charge in [-0.3, -0.25) is 4.98 Å². The van der Waals surface area contributed by atoms with Gasteiger partial charge in [0, 0.05) is 42.2 Å². The van der Waals surface area contributed by atoms with Gasteiger partial charge >= 0.3 is 5.97 Å². The van der Waals surface area contributed by atoms with E-state index in [-0.39, 0.29) is 5.56 Å². The molecule has 4 aromatic rings. The quantitative estimate of drug-likeness (QED) is 0.506. The largest absolute Gasteiger partial charge is 0.494 e. The van der Waals surface area contributed by atoms with E-state index in [1.165, 1.54) is 18.3 Å². The third kappa shape index (κ3) is 3.60. The van der Waals surface area contributed by atoms with Crippen molar-refractivity contribution in [3.05, 3.63) is 66.1 Å². The summed E-state index contributed by atoms with van der Waals surface area (Å²) in [6.07, 6.45) is 4.87. The lowest BCUT2D eigenvalue weighted by Crippen LogP contribution is -2.00. The highest BCUT2D eigenvalue weighted by atomic mass is 16.5. The number of carboxylic acid groups (broad SMARTS) is 1. The van der Waals surface area contributed by atoms with Crippen LogP contribution < -0.4 is 10.1 Å². The Balaban J connectivity index is 2.05. The molecule has 0 bridgehead atoms. The monoisotopic (exact) mass is 411 g/mol. The molecule has 152 valence electrons. The number of nitrogens with one attached hydrogen (secondary N) is 1. The smallest absolute Gasteiger partial charge is 0.335 e. The van der Waals surface area contributed by atoms with Gasteiger partial charge in [-0.15, -0.1) is 0 Å². The van der Waals surface area contributed by atoms with E-state index < -0.39 is 5.97 Å². The highest BCUT2D eigenvalue weighted by Crippen LogP contribution is 2.41. The molecule has 0 unspecified atom stereocenters. The van der Waals surface area contributed by atoms with Crippen LogP contribution in [0.3, 0.4) is 0 Å². The van der Waals surface area contributed by atoms with Gasteiger partial charge in [0.15, 0.2) is 5.75 Å². The first-order valence-corrected chi connectivity index (χ1v) is 9.30. The van der Waals surface area contributed by atoms with E-state index in [0.29, 0.717) is 22.8 Å². The van der Waals surface area contributed by atoms with Crippen molar-refractivity contribution < 1.29 is 14.6 Å². The predicted molar refractivity (Wildman–Crippen MR) is 116 cm³/mol. The molecular formula is C23H17N5O3. The second-order valence-electron chi connectivity index (χ2n) is 6.67. The maximum Gasteiger partial charge on any atom is 0.335 e. The Labute approximate surface area is 177 Å². The topological polar surface area (TPSA) is 121 Å². The minimum atomic E-state index is -0.997. The van der Waals surface area contributed by atoms with Gasteiger partial charge in [-0.2, -0.15) is 5.26 Å². The highest BCUT2D eigenvalue weighted by Gasteiger charge is 2.18. The van der Waals surface area contributed by atoms with Crippen LogP contribution in [0.5, 0.6) is 5.75 Å². The van der Waals surface area contributed by atoms with E-state index >= 15 is 0 Å². The molecule has 2 N–H and O–H groups in total. The van der Waals surface area contributed by atoms with Crippen molar-refractivity contribution in [3.8, 4) is 34.1 Å². The number of carbonyl (C=O) groups is 1. The maximum absolute atomic E-state index is 11.2. The Morgan fingerprint density at radius 1 is 1.10 bits per heavy atom. The number of rotatable bonds is 5. The number of aromatic carboxylic acids is 1. The van der Waals surface area contributed by atoms with Crippen LogP contribution in [0.25, 0.3) is 33.2 Å². The fraction of sp³-hybridized carbons (Fsp3) is 0.0870. The van der Waals surface area contributed by atoms with Crippen molar-refractivity contribution in [1.82, 2.24) is 15.0 Å². The Hall–Kier alpha value is -4.51. The van der Waals surface area contributed by atoms with Crippen LogP contribution in [0.2, 0.25) is 0 Å². The molecule has 0 saturated heterocycles. The van der Waals surface area contributed by atoms with Crippen LogP contribution in [0.1, 0.15) is 15.9 Å². The molecule has 0 fully saturated rings. The minimum Gasteiger partial charge on any atom is -0.494 e. The molecule has 2 heterocycles. The maximum atomic E-state index is 11.2. The summed E-state index contributed by atoms with van der Waals surface area (Å²) in [6, 6.07) is 12.3. The summed E-state index contributed by atoms with van der Waals surface area (Å²) in [6.45, 7) is 0. The summed E-state index contributed by atoms with van der Waals surface area (Å²) < 4.78 is 5.72. The molecule has 0 aliphatic carbocycles. The Kier molecular flexibility index (Phi) is 5.16. The van der Waals surface area contributed by atoms with Crippen LogP contribution in [0.4, 0.5) is 5.95 Å². The number of anilines is 1. The molecule has 0 amide bonds. The number of hydrogen-bond donors (Lipinski definition) is 2. The normalized spacial score (nSPS) is 10.5. The summed E-state index contributed by atoms with van der Waals surface area (Å²) in [5, 5.41) is 22.2. The van der Waals surface area contributed by atoms with Crippen LogP contribution in [0.15, 0.2) is 55.0 Å². The van der Waals surface area contributed by atoms with Gasteiger partial charge in [-0.05, 0) is 35.4 Å². The minimum absolute atomic E-state index is 0.189. The first-order chi connectivity index (χ1) is 15.0. The molecule has 4 rings (SSSR count).